The van der Waals surface area contributed by atoms with Crippen LogP contribution < -0.4 is 4.90 Å². The molecule has 1 aliphatic heterocycles. The Hall–Kier alpha value is -2.44. The standard InChI is InChI=1S/C14H6Cl2N2O4/c15-9-5-6-10(18(21)22)11(16)12(9)17-13(19)7-3-1-2-4-8(7)14(17)20/h1-6H. The zero-order valence-electron chi connectivity index (χ0n) is 10.7. The van der Waals surface area contributed by atoms with Gasteiger partial charge in [-0.15, -0.1) is 0 Å². The Kier molecular flexibility index (Phi) is 3.35. The van der Waals surface area contributed by atoms with Gasteiger partial charge in [0.05, 0.1) is 26.8 Å². The molecule has 0 unspecified atom stereocenters. The van der Waals surface area contributed by atoms with E-state index in [-0.39, 0.29) is 26.9 Å². The predicted molar refractivity (Wildman–Crippen MR) is 80.7 cm³/mol. The minimum Gasteiger partial charge on any atom is -0.268 e. The van der Waals surface area contributed by atoms with Crippen molar-refractivity contribution >= 4 is 46.4 Å². The molecule has 0 atom stereocenters. The molecule has 0 fully saturated rings. The summed E-state index contributed by atoms with van der Waals surface area (Å²) in [5, 5.41) is 10.6. The first-order chi connectivity index (χ1) is 10.4. The van der Waals surface area contributed by atoms with Crippen LogP contribution in [0.5, 0.6) is 0 Å². The summed E-state index contributed by atoms with van der Waals surface area (Å²) in [6, 6.07) is 8.56. The third-order valence-electron chi connectivity index (χ3n) is 3.26. The number of amides is 2. The van der Waals surface area contributed by atoms with Crippen molar-refractivity contribution in [3.05, 3.63) is 67.7 Å². The van der Waals surface area contributed by atoms with E-state index in [0.717, 1.165) is 11.0 Å². The van der Waals surface area contributed by atoms with Gasteiger partial charge in [0.25, 0.3) is 17.5 Å². The second-order valence-corrected chi connectivity index (χ2v) is 5.26. The molecule has 0 spiro atoms. The Balaban J connectivity index is 2.22. The van der Waals surface area contributed by atoms with Crippen LogP contribution in [0.1, 0.15) is 20.7 Å². The largest absolute Gasteiger partial charge is 0.290 e. The van der Waals surface area contributed by atoms with E-state index < -0.39 is 22.4 Å². The van der Waals surface area contributed by atoms with Gasteiger partial charge in [0.1, 0.15) is 5.02 Å². The third-order valence-corrected chi connectivity index (χ3v) is 3.94. The van der Waals surface area contributed by atoms with Crippen LogP contribution in [0.15, 0.2) is 36.4 Å². The monoisotopic (exact) mass is 336 g/mol. The summed E-state index contributed by atoms with van der Waals surface area (Å²) in [6.07, 6.45) is 0. The highest BCUT2D eigenvalue weighted by atomic mass is 35.5. The first kappa shape index (κ1) is 14.5. The summed E-state index contributed by atoms with van der Waals surface area (Å²) in [7, 11) is 0. The maximum Gasteiger partial charge on any atom is 0.290 e. The SMILES string of the molecule is O=C1c2ccccc2C(=O)N1c1c(Cl)ccc([N+](=O)[O-])c1Cl. The van der Waals surface area contributed by atoms with Crippen LogP contribution in [0.4, 0.5) is 11.4 Å². The number of fused-ring (bicyclic) bond motifs is 1. The fourth-order valence-electron chi connectivity index (χ4n) is 2.27. The highest BCUT2D eigenvalue weighted by Crippen LogP contribution is 2.42. The lowest BCUT2D eigenvalue weighted by Gasteiger charge is -2.17. The van der Waals surface area contributed by atoms with Crippen molar-refractivity contribution in [1.29, 1.82) is 0 Å². The van der Waals surface area contributed by atoms with E-state index in [1.165, 1.54) is 18.2 Å². The Bertz CT molecular complexity index is 816. The molecule has 22 heavy (non-hydrogen) atoms. The molecule has 110 valence electrons. The molecule has 8 heteroatoms. The summed E-state index contributed by atoms with van der Waals surface area (Å²) in [6.45, 7) is 0. The second kappa shape index (κ2) is 5.08. The Morgan fingerprint density at radius 3 is 2.00 bits per heavy atom. The summed E-state index contributed by atoms with van der Waals surface area (Å²) in [4.78, 5) is 35.9. The topological polar surface area (TPSA) is 80.5 Å². The van der Waals surface area contributed by atoms with Crippen LogP contribution in [0, 0.1) is 10.1 Å². The van der Waals surface area contributed by atoms with Crippen molar-refractivity contribution in [2.24, 2.45) is 0 Å². The lowest BCUT2D eigenvalue weighted by atomic mass is 10.1. The Morgan fingerprint density at radius 1 is 0.955 bits per heavy atom. The van der Waals surface area contributed by atoms with E-state index in [4.69, 9.17) is 23.2 Å². The molecule has 0 radical (unpaired) electrons. The van der Waals surface area contributed by atoms with Gasteiger partial charge in [-0.05, 0) is 18.2 Å². The van der Waals surface area contributed by atoms with Gasteiger partial charge >= 0.3 is 0 Å². The molecule has 2 aromatic carbocycles. The molecule has 6 nitrogen and oxygen atoms in total. The first-order valence-electron chi connectivity index (χ1n) is 6.03. The van der Waals surface area contributed by atoms with Crippen molar-refractivity contribution < 1.29 is 14.5 Å². The first-order valence-corrected chi connectivity index (χ1v) is 6.79. The molecule has 1 heterocycles. The lowest BCUT2D eigenvalue weighted by molar-refractivity contribution is -0.384. The highest BCUT2D eigenvalue weighted by molar-refractivity contribution is 6.45. The van der Waals surface area contributed by atoms with E-state index in [1.807, 2.05) is 0 Å². The minimum absolute atomic E-state index is 0.0230. The van der Waals surface area contributed by atoms with Crippen LogP contribution in [0.2, 0.25) is 10.0 Å². The number of nitro benzene ring substituents is 1. The number of carbonyl (C=O) groups excluding carboxylic acids is 2. The van der Waals surface area contributed by atoms with Gasteiger partial charge in [-0.3, -0.25) is 19.7 Å². The third kappa shape index (κ3) is 1.96. The molecule has 0 aliphatic carbocycles. The van der Waals surface area contributed by atoms with Crippen LogP contribution in [0.3, 0.4) is 0 Å². The number of hydrogen-bond acceptors (Lipinski definition) is 4. The van der Waals surface area contributed by atoms with Crippen LogP contribution in [0.25, 0.3) is 0 Å². The number of hydrogen-bond donors (Lipinski definition) is 0. The summed E-state index contributed by atoms with van der Waals surface area (Å²) in [5.41, 5.74) is -0.210. The minimum atomic E-state index is -0.708. The molecule has 2 amide bonds. The van der Waals surface area contributed by atoms with Crippen LogP contribution in [-0.4, -0.2) is 16.7 Å². The second-order valence-electron chi connectivity index (χ2n) is 4.48. The van der Waals surface area contributed by atoms with Crippen molar-refractivity contribution in [1.82, 2.24) is 0 Å². The highest BCUT2D eigenvalue weighted by Gasteiger charge is 2.39. The number of anilines is 1. The van der Waals surface area contributed by atoms with Gasteiger partial charge in [0.15, 0.2) is 0 Å². The van der Waals surface area contributed by atoms with Crippen molar-refractivity contribution in [3.8, 4) is 0 Å². The predicted octanol–water partition coefficient (Wildman–Crippen LogP) is 3.70. The number of carbonyl (C=O) groups is 2. The van der Waals surface area contributed by atoms with Crippen LogP contribution >= 0.6 is 23.2 Å². The van der Waals surface area contributed by atoms with E-state index in [0.29, 0.717) is 0 Å². The molecular weight excluding hydrogens is 331 g/mol. The zero-order valence-corrected chi connectivity index (χ0v) is 12.3. The van der Waals surface area contributed by atoms with Crippen LogP contribution in [-0.2, 0) is 0 Å². The molecule has 1 aliphatic rings. The van der Waals surface area contributed by atoms with E-state index in [1.54, 1.807) is 12.1 Å². The van der Waals surface area contributed by atoms with Gasteiger partial charge < -0.3 is 0 Å². The molecule has 2 aromatic rings. The summed E-state index contributed by atoms with van der Waals surface area (Å²) >= 11 is 12.0. The molecule has 0 N–H and O–H groups in total. The molecular formula is C14H6Cl2N2O4. The molecule has 0 saturated heterocycles. The van der Waals surface area contributed by atoms with E-state index in [2.05, 4.69) is 0 Å². The Morgan fingerprint density at radius 2 is 1.50 bits per heavy atom. The van der Waals surface area contributed by atoms with Crippen molar-refractivity contribution in [2.75, 3.05) is 4.90 Å². The zero-order chi connectivity index (χ0) is 16.0. The van der Waals surface area contributed by atoms with Gasteiger partial charge in [-0.25, -0.2) is 4.90 Å². The number of rotatable bonds is 2. The van der Waals surface area contributed by atoms with Gasteiger partial charge in [0.2, 0.25) is 0 Å². The molecule has 0 bridgehead atoms. The number of halogens is 2. The molecule has 0 saturated carbocycles. The van der Waals surface area contributed by atoms with Crippen molar-refractivity contribution in [2.45, 2.75) is 0 Å². The van der Waals surface area contributed by atoms with E-state index in [9.17, 15) is 19.7 Å². The maximum absolute atomic E-state index is 12.4. The van der Waals surface area contributed by atoms with E-state index >= 15 is 0 Å². The normalized spacial score (nSPS) is 13.5. The maximum atomic E-state index is 12.4. The smallest absolute Gasteiger partial charge is 0.268 e. The van der Waals surface area contributed by atoms with Gasteiger partial charge in [0, 0.05) is 6.07 Å². The number of benzene rings is 2. The average Bonchev–Trinajstić information content (AvgIpc) is 2.73. The quantitative estimate of drug-likeness (QED) is 0.475. The summed E-state index contributed by atoms with van der Waals surface area (Å²) < 4.78 is 0. The fraction of sp³-hybridized carbons (Fsp3) is 0. The molecule has 0 aromatic heterocycles. The Labute approximate surface area is 134 Å². The fourth-order valence-corrected chi connectivity index (χ4v) is 2.88. The molecule has 3 rings (SSSR count). The van der Waals surface area contributed by atoms with Gasteiger partial charge in [-0.1, -0.05) is 35.3 Å². The number of imide groups is 1. The van der Waals surface area contributed by atoms with Gasteiger partial charge in [-0.2, -0.15) is 0 Å². The number of nitro groups is 1. The lowest BCUT2D eigenvalue weighted by Crippen LogP contribution is -2.30. The van der Waals surface area contributed by atoms with Crippen molar-refractivity contribution in [3.63, 3.8) is 0 Å². The average molecular weight is 337 g/mol. The summed E-state index contributed by atoms with van der Waals surface area (Å²) in [5.74, 6) is -1.24. The number of nitrogens with zero attached hydrogens (tertiary/aromatic N) is 2.